The summed E-state index contributed by atoms with van der Waals surface area (Å²) in [6.07, 6.45) is 0. The molecule has 26 heavy (non-hydrogen) atoms. The Kier molecular flexibility index (Phi) is 5.46. The molecule has 0 spiro atoms. The van der Waals surface area contributed by atoms with Crippen molar-refractivity contribution in [2.45, 2.75) is 23.6 Å². The minimum Gasteiger partial charge on any atom is -0.491 e. The summed E-state index contributed by atoms with van der Waals surface area (Å²) >= 11 is 1.11. The lowest BCUT2D eigenvalue weighted by Gasteiger charge is -2.21. The maximum absolute atomic E-state index is 14.1. The molecule has 0 bridgehead atoms. The number of thioether (sulfide) groups is 1. The zero-order valence-electron chi connectivity index (χ0n) is 14.1. The van der Waals surface area contributed by atoms with Crippen LogP contribution in [0.2, 0.25) is 0 Å². The van der Waals surface area contributed by atoms with E-state index in [1.807, 2.05) is 0 Å². The van der Waals surface area contributed by atoms with Gasteiger partial charge in [-0.05, 0) is 31.2 Å². The molecule has 0 aliphatic carbocycles. The van der Waals surface area contributed by atoms with Gasteiger partial charge in [0.15, 0.2) is 0 Å². The molecular formula is C19H18FNO4S. The molecule has 1 N–H and O–H groups in total. The highest BCUT2D eigenvalue weighted by atomic mass is 32.2. The molecule has 2 aromatic carbocycles. The Morgan fingerprint density at radius 1 is 1.23 bits per heavy atom. The molecule has 1 aliphatic rings. The number of hydrogen-bond donors (Lipinski definition) is 1. The Morgan fingerprint density at radius 3 is 2.77 bits per heavy atom. The van der Waals surface area contributed by atoms with Gasteiger partial charge in [-0.3, -0.25) is 9.59 Å². The zero-order valence-corrected chi connectivity index (χ0v) is 15.0. The van der Waals surface area contributed by atoms with E-state index in [0.29, 0.717) is 28.3 Å². The van der Waals surface area contributed by atoms with Crippen LogP contribution in [-0.4, -0.2) is 40.3 Å². The monoisotopic (exact) mass is 375 g/mol. The van der Waals surface area contributed by atoms with Gasteiger partial charge in [0.1, 0.15) is 23.4 Å². The average Bonchev–Trinajstić information content (AvgIpc) is 2.85. The third-order valence-corrected chi connectivity index (χ3v) is 5.26. The van der Waals surface area contributed by atoms with Crippen LogP contribution in [0.4, 0.5) is 4.39 Å². The lowest BCUT2D eigenvalue weighted by molar-refractivity contribution is -0.136. The van der Waals surface area contributed by atoms with Crippen molar-refractivity contribution in [2.75, 3.05) is 13.2 Å². The first-order chi connectivity index (χ1) is 12.5. The van der Waals surface area contributed by atoms with Crippen LogP contribution in [0.1, 0.15) is 22.8 Å². The van der Waals surface area contributed by atoms with Gasteiger partial charge in [-0.1, -0.05) is 18.2 Å². The fourth-order valence-corrected chi connectivity index (χ4v) is 3.62. The molecule has 0 saturated carbocycles. The van der Waals surface area contributed by atoms with E-state index >= 15 is 0 Å². The summed E-state index contributed by atoms with van der Waals surface area (Å²) in [4.78, 5) is 26.3. The highest BCUT2D eigenvalue weighted by Crippen LogP contribution is 2.30. The Morgan fingerprint density at radius 2 is 2.00 bits per heavy atom. The van der Waals surface area contributed by atoms with Gasteiger partial charge in [-0.25, -0.2) is 4.39 Å². The van der Waals surface area contributed by atoms with Crippen molar-refractivity contribution in [2.24, 2.45) is 0 Å². The standard InChI is InChI=1S/C19H18FNO4S/c1-12(19(23)24)26-17-8-3-2-5-13(17)18(22)21-9-10-25-16-7-4-6-15(20)14(16)11-21/h2-8,12H,9-11H2,1H3,(H,23,24). The largest absolute Gasteiger partial charge is 0.491 e. The van der Waals surface area contributed by atoms with E-state index in [2.05, 4.69) is 0 Å². The van der Waals surface area contributed by atoms with Crippen molar-refractivity contribution in [3.63, 3.8) is 0 Å². The minimum atomic E-state index is -0.948. The molecule has 0 radical (unpaired) electrons. The van der Waals surface area contributed by atoms with Crippen LogP contribution in [0.3, 0.4) is 0 Å². The SMILES string of the molecule is CC(Sc1ccccc1C(=O)N1CCOc2cccc(F)c2C1)C(=O)O. The molecule has 0 aromatic heterocycles. The first kappa shape index (κ1) is 18.3. The predicted octanol–water partition coefficient (Wildman–Crippen LogP) is 3.43. The molecule has 5 nitrogen and oxygen atoms in total. The fourth-order valence-electron chi connectivity index (χ4n) is 2.69. The van der Waals surface area contributed by atoms with Gasteiger partial charge in [-0.2, -0.15) is 0 Å². The summed E-state index contributed by atoms with van der Waals surface area (Å²) in [5.41, 5.74) is 0.757. The van der Waals surface area contributed by atoms with Crippen LogP contribution in [0, 0.1) is 5.82 Å². The van der Waals surface area contributed by atoms with Gasteiger partial charge in [0, 0.05) is 10.5 Å². The van der Waals surface area contributed by atoms with E-state index in [9.17, 15) is 14.0 Å². The van der Waals surface area contributed by atoms with Crippen LogP contribution in [0.5, 0.6) is 5.75 Å². The number of ether oxygens (including phenoxy) is 1. The summed E-state index contributed by atoms with van der Waals surface area (Å²) in [6.45, 7) is 2.26. The first-order valence-electron chi connectivity index (χ1n) is 8.15. The lowest BCUT2D eigenvalue weighted by Crippen LogP contribution is -2.33. The second kappa shape index (κ2) is 7.78. The smallest absolute Gasteiger partial charge is 0.316 e. The molecule has 1 atom stereocenters. The molecule has 7 heteroatoms. The summed E-state index contributed by atoms with van der Waals surface area (Å²) in [7, 11) is 0. The van der Waals surface area contributed by atoms with Gasteiger partial charge in [-0.15, -0.1) is 11.8 Å². The zero-order chi connectivity index (χ0) is 18.7. The number of carboxylic acid groups (broad SMARTS) is 1. The van der Waals surface area contributed by atoms with Crippen molar-refractivity contribution < 1.29 is 23.8 Å². The Hall–Kier alpha value is -2.54. The van der Waals surface area contributed by atoms with E-state index in [4.69, 9.17) is 9.84 Å². The highest BCUT2D eigenvalue weighted by molar-refractivity contribution is 8.00. The number of hydrogen-bond acceptors (Lipinski definition) is 4. The topological polar surface area (TPSA) is 66.8 Å². The van der Waals surface area contributed by atoms with Crippen LogP contribution in [-0.2, 0) is 11.3 Å². The number of rotatable bonds is 4. The molecule has 136 valence electrons. The first-order valence-corrected chi connectivity index (χ1v) is 9.03. The molecule has 0 saturated heterocycles. The van der Waals surface area contributed by atoms with Gasteiger partial charge in [0.2, 0.25) is 0 Å². The summed E-state index contributed by atoms with van der Waals surface area (Å²) < 4.78 is 19.7. The quantitative estimate of drug-likeness (QED) is 0.830. The number of carbonyl (C=O) groups is 2. The van der Waals surface area contributed by atoms with Crippen LogP contribution >= 0.6 is 11.8 Å². The van der Waals surface area contributed by atoms with Crippen molar-refractivity contribution in [1.82, 2.24) is 4.90 Å². The third-order valence-electron chi connectivity index (χ3n) is 4.10. The second-order valence-electron chi connectivity index (χ2n) is 5.89. The number of carbonyl (C=O) groups excluding carboxylic acids is 1. The van der Waals surface area contributed by atoms with E-state index in [1.54, 1.807) is 43.3 Å². The van der Waals surface area contributed by atoms with Crippen LogP contribution in [0.15, 0.2) is 47.4 Å². The third kappa shape index (κ3) is 3.83. The van der Waals surface area contributed by atoms with Gasteiger partial charge in [0.25, 0.3) is 5.91 Å². The maximum Gasteiger partial charge on any atom is 0.316 e. The Bertz CT molecular complexity index is 842. The molecule has 1 amide bonds. The van der Waals surface area contributed by atoms with Crippen molar-refractivity contribution >= 4 is 23.6 Å². The van der Waals surface area contributed by atoms with E-state index < -0.39 is 17.0 Å². The Labute approximate surface area is 154 Å². The maximum atomic E-state index is 14.1. The normalized spacial score (nSPS) is 14.8. The average molecular weight is 375 g/mol. The Balaban J connectivity index is 1.88. The van der Waals surface area contributed by atoms with Crippen molar-refractivity contribution in [3.05, 3.63) is 59.4 Å². The van der Waals surface area contributed by atoms with Crippen molar-refractivity contribution in [1.29, 1.82) is 0 Å². The van der Waals surface area contributed by atoms with Gasteiger partial charge in [0.05, 0.1) is 18.7 Å². The number of amides is 1. The van der Waals surface area contributed by atoms with E-state index in [0.717, 1.165) is 11.8 Å². The number of nitrogens with zero attached hydrogens (tertiary/aromatic N) is 1. The van der Waals surface area contributed by atoms with Crippen molar-refractivity contribution in [3.8, 4) is 5.75 Å². The molecule has 2 aromatic rings. The molecule has 1 unspecified atom stereocenters. The number of carboxylic acids is 1. The summed E-state index contributed by atoms with van der Waals surface area (Å²) in [5.74, 6) is -1.19. The molecule has 0 fully saturated rings. The van der Waals surface area contributed by atoms with Crippen LogP contribution < -0.4 is 4.74 Å². The predicted molar refractivity (Wildman–Crippen MR) is 96.0 cm³/mol. The second-order valence-corrected chi connectivity index (χ2v) is 7.27. The molecular weight excluding hydrogens is 357 g/mol. The highest BCUT2D eigenvalue weighted by Gasteiger charge is 2.25. The van der Waals surface area contributed by atoms with E-state index in [-0.39, 0.29) is 19.1 Å². The summed E-state index contributed by atoms with van der Waals surface area (Å²) in [5, 5.41) is 8.44. The molecule has 1 heterocycles. The van der Waals surface area contributed by atoms with E-state index in [1.165, 1.54) is 11.0 Å². The lowest BCUT2D eigenvalue weighted by atomic mass is 10.1. The number of halogens is 1. The molecule has 3 rings (SSSR count). The number of benzene rings is 2. The number of fused-ring (bicyclic) bond motifs is 1. The fraction of sp³-hybridized carbons (Fsp3) is 0.263. The number of aliphatic carboxylic acids is 1. The van der Waals surface area contributed by atoms with Crippen LogP contribution in [0.25, 0.3) is 0 Å². The van der Waals surface area contributed by atoms with Gasteiger partial charge >= 0.3 is 5.97 Å². The van der Waals surface area contributed by atoms with Gasteiger partial charge < -0.3 is 14.7 Å². The summed E-state index contributed by atoms with van der Waals surface area (Å²) in [6, 6.07) is 11.5. The minimum absolute atomic E-state index is 0.105. The molecule has 1 aliphatic heterocycles.